The zero-order chi connectivity index (χ0) is 27.6. The third-order valence-electron chi connectivity index (χ3n) is 4.93. The minimum Gasteiger partial charge on any atom is -0.313 e. The predicted octanol–water partition coefficient (Wildman–Crippen LogP) is 3.19. The van der Waals surface area contributed by atoms with Crippen LogP contribution in [0, 0.1) is 119 Å². The normalized spacial score (nSPS) is 16.3. The minimum absolute atomic E-state index is 0. The fourth-order valence-electron chi connectivity index (χ4n) is 3.19. The molecule has 38 heavy (non-hydrogen) atoms. The summed E-state index contributed by atoms with van der Waals surface area (Å²) in [4.78, 5) is 50.7. The first-order valence-corrected chi connectivity index (χ1v) is 11.3. The first-order chi connectivity index (χ1) is 18.5. The smallest absolute Gasteiger partial charge is 0.244 e. The number of carbonyl (C=O) groups is 4. The molecular formula is C31H53N3O4. The van der Waals surface area contributed by atoms with Crippen LogP contribution in [0.25, 0.3) is 0 Å². The van der Waals surface area contributed by atoms with E-state index in [1.165, 1.54) is 4.90 Å². The Labute approximate surface area is 248 Å². The van der Waals surface area contributed by atoms with Crippen molar-refractivity contribution < 1.29 is 43.4 Å². The van der Waals surface area contributed by atoms with Crippen LogP contribution in [-0.2, 0) is 19.2 Å². The van der Waals surface area contributed by atoms with Crippen molar-refractivity contribution in [1.82, 2.24) is 15.1 Å². The van der Waals surface area contributed by atoms with Crippen LogP contribution in [-0.4, -0.2) is 59.6 Å². The van der Waals surface area contributed by atoms with Crippen molar-refractivity contribution in [2.24, 2.45) is 11.8 Å². The van der Waals surface area contributed by atoms with Crippen LogP contribution in [0.3, 0.4) is 0 Å². The molecule has 7 nitrogen and oxygen atoms in total. The Morgan fingerprint density at radius 3 is 1.55 bits per heavy atom. The molecule has 2 rings (SSSR count). The number of likely N-dealkylation sites (tertiary alicyclic amines) is 2. The van der Waals surface area contributed by atoms with Gasteiger partial charge in [-0.2, -0.15) is 0 Å². The molecule has 0 saturated carbocycles. The molecule has 2 atom stereocenters. The summed E-state index contributed by atoms with van der Waals surface area (Å²) in [6, 6.07) is 0. The van der Waals surface area contributed by atoms with E-state index in [1.54, 1.807) is 6.92 Å². The quantitative estimate of drug-likeness (QED) is 0.323. The fourth-order valence-corrected chi connectivity index (χ4v) is 3.19. The average molecular weight is 532 g/mol. The second-order valence-corrected chi connectivity index (χ2v) is 7.54. The van der Waals surface area contributed by atoms with Crippen molar-refractivity contribution in [3.05, 3.63) is 0 Å². The summed E-state index contributed by atoms with van der Waals surface area (Å²) in [6.45, 7) is 2.88. The number of nitrogens with zero attached hydrogens (tertiary/aromatic N) is 2. The fraction of sp³-hybridized carbons (Fsp3) is 0.290. The van der Waals surface area contributed by atoms with Crippen molar-refractivity contribution >= 4 is 23.6 Å². The van der Waals surface area contributed by atoms with E-state index in [4.69, 9.17) is 6.42 Å². The number of terminal acetylenes is 1. The number of imide groups is 2. The largest absolute Gasteiger partial charge is 0.313 e. The van der Waals surface area contributed by atoms with E-state index in [9.17, 15) is 19.2 Å². The standard InChI is InChI=1S/C31H19N3O4.17H2/c1-3-4-5-6-7-8-9-10-11-12-13-14-15-16-17-18-19-27-25-29(36)34(31(27)38)23-21-32-20-22-33-28(35)24-26(2)30(33)37;;;;;;;;;;;;;;;;;/h1,26-27,32H,20-25H2,2H3;17*1H. The van der Waals surface area contributed by atoms with Crippen molar-refractivity contribution in [2.75, 3.05) is 26.2 Å². The van der Waals surface area contributed by atoms with Crippen molar-refractivity contribution in [2.45, 2.75) is 19.8 Å². The lowest BCUT2D eigenvalue weighted by atomic mass is 10.1. The lowest BCUT2D eigenvalue weighted by molar-refractivity contribution is -0.140. The van der Waals surface area contributed by atoms with Crippen LogP contribution in [0.2, 0.25) is 0 Å². The van der Waals surface area contributed by atoms with E-state index in [2.05, 4.69) is 106 Å². The van der Waals surface area contributed by atoms with E-state index in [1.807, 2.05) is 0 Å². The van der Waals surface area contributed by atoms with Crippen LogP contribution < -0.4 is 5.32 Å². The molecule has 4 amide bonds. The molecule has 0 aliphatic carbocycles. The molecule has 0 aromatic rings. The molecular weight excluding hydrogens is 478 g/mol. The summed E-state index contributed by atoms with van der Waals surface area (Å²) in [6.07, 6.45) is 5.16. The van der Waals surface area contributed by atoms with Gasteiger partial charge in [0, 0.05) is 69.2 Å². The lowest BCUT2D eigenvalue weighted by Crippen LogP contribution is -2.40. The molecule has 2 heterocycles. The van der Waals surface area contributed by atoms with Gasteiger partial charge < -0.3 is 5.32 Å². The summed E-state index contributed by atoms with van der Waals surface area (Å²) in [5, 5.41) is 3.05. The van der Waals surface area contributed by atoms with Crippen LogP contribution in [0.5, 0.6) is 0 Å². The van der Waals surface area contributed by atoms with Gasteiger partial charge in [0.25, 0.3) is 0 Å². The molecule has 0 aromatic carbocycles. The van der Waals surface area contributed by atoms with Gasteiger partial charge in [0.2, 0.25) is 23.6 Å². The Kier molecular flexibility index (Phi) is 12.0. The highest BCUT2D eigenvalue weighted by atomic mass is 16.2. The van der Waals surface area contributed by atoms with Gasteiger partial charge in [0.1, 0.15) is 5.92 Å². The van der Waals surface area contributed by atoms with Crippen LogP contribution in [0.15, 0.2) is 0 Å². The molecule has 2 unspecified atom stereocenters. The minimum atomic E-state index is -0.753. The highest BCUT2D eigenvalue weighted by Crippen LogP contribution is 2.19. The number of carbonyl (C=O) groups excluding carboxylic acids is 4. The number of nitrogens with one attached hydrogen (secondary N) is 1. The first-order valence-electron chi connectivity index (χ1n) is 11.3. The Morgan fingerprint density at radius 1 is 0.684 bits per heavy atom. The molecule has 1 N–H and O–H groups in total. The second kappa shape index (κ2) is 16.0. The molecule has 2 fully saturated rings. The zero-order valence-corrected chi connectivity index (χ0v) is 20.5. The summed E-state index contributed by atoms with van der Waals surface area (Å²) in [5.74, 6) is 39.6. The summed E-state index contributed by atoms with van der Waals surface area (Å²) < 4.78 is 0. The van der Waals surface area contributed by atoms with Gasteiger partial charge in [0.15, 0.2) is 0 Å². The topological polar surface area (TPSA) is 86.8 Å². The average Bonchev–Trinajstić information content (AvgIpc) is 3.30. The Bertz CT molecular complexity index is 1620. The van der Waals surface area contributed by atoms with Crippen molar-refractivity contribution in [3.63, 3.8) is 0 Å². The maximum Gasteiger partial charge on any atom is 0.244 e. The van der Waals surface area contributed by atoms with Crippen molar-refractivity contribution in [1.29, 1.82) is 0 Å². The number of amides is 4. The van der Waals surface area contributed by atoms with Gasteiger partial charge in [0.05, 0.1) is 0 Å². The molecule has 0 spiro atoms. The summed E-state index contributed by atoms with van der Waals surface area (Å²) >= 11 is 0. The van der Waals surface area contributed by atoms with Crippen molar-refractivity contribution in [3.8, 4) is 107 Å². The van der Waals surface area contributed by atoms with Gasteiger partial charge in [-0.3, -0.25) is 29.0 Å². The Hall–Kier alpha value is -5.72. The molecule has 2 saturated heterocycles. The maximum atomic E-state index is 12.4. The van der Waals surface area contributed by atoms with Crippen LogP contribution >= 0.6 is 0 Å². The second-order valence-electron chi connectivity index (χ2n) is 7.54. The zero-order valence-electron chi connectivity index (χ0n) is 20.5. The predicted molar refractivity (Wildman–Crippen MR) is 175 cm³/mol. The molecule has 2 aliphatic rings. The van der Waals surface area contributed by atoms with Gasteiger partial charge in [-0.05, 0) is 94.7 Å². The van der Waals surface area contributed by atoms with E-state index in [0.29, 0.717) is 13.1 Å². The monoisotopic (exact) mass is 531 g/mol. The van der Waals surface area contributed by atoms with E-state index < -0.39 is 5.92 Å². The molecule has 0 bridgehead atoms. The number of rotatable bonds is 6. The highest BCUT2D eigenvalue weighted by Gasteiger charge is 2.37. The van der Waals surface area contributed by atoms with E-state index >= 15 is 0 Å². The van der Waals surface area contributed by atoms with Gasteiger partial charge >= 0.3 is 0 Å². The van der Waals surface area contributed by atoms with Gasteiger partial charge in [-0.15, -0.1) is 6.42 Å². The molecule has 7 heteroatoms. The summed E-state index contributed by atoms with van der Waals surface area (Å²) in [7, 11) is 0. The maximum absolute atomic E-state index is 12.4. The highest BCUT2D eigenvalue weighted by molar-refractivity contribution is 6.05. The number of hydrogen-bond donors (Lipinski definition) is 1. The van der Waals surface area contributed by atoms with Crippen LogP contribution in [0.1, 0.15) is 44.0 Å². The first kappa shape index (κ1) is 28.5. The molecule has 216 valence electrons. The Balaban J connectivity index is -0.0000000639. The van der Waals surface area contributed by atoms with E-state index in [-0.39, 0.29) is 79.7 Å². The number of hydrogen-bond acceptors (Lipinski definition) is 5. The third kappa shape index (κ3) is 9.50. The lowest BCUT2D eigenvalue weighted by Gasteiger charge is -2.17. The SMILES string of the molecule is C#CC#CC#CC#CC#CC#CC#CC#CC#CC1CC(=O)N(CCNCCN2C(=O)CC(C)C2=O)C1=O.[HH].[HH].[HH].[HH].[HH].[HH].[HH].[HH].[HH].[HH].[HH].[HH].[HH].[HH].[HH].[HH].[HH]. The molecule has 0 aromatic heterocycles. The summed E-state index contributed by atoms with van der Waals surface area (Å²) in [5.41, 5.74) is 0. The van der Waals surface area contributed by atoms with E-state index in [0.717, 1.165) is 4.90 Å². The van der Waals surface area contributed by atoms with Crippen LogP contribution in [0.4, 0.5) is 0 Å². The molecule has 0 radical (unpaired) electrons. The van der Waals surface area contributed by atoms with Gasteiger partial charge in [-0.1, -0.05) is 12.8 Å². The molecule has 2 aliphatic heterocycles. The third-order valence-corrected chi connectivity index (χ3v) is 4.93. The Morgan fingerprint density at radius 2 is 1.11 bits per heavy atom. The van der Waals surface area contributed by atoms with Gasteiger partial charge in [-0.25, -0.2) is 0 Å².